The van der Waals surface area contributed by atoms with Crippen LogP contribution in [0.3, 0.4) is 0 Å². The van der Waals surface area contributed by atoms with Crippen molar-refractivity contribution in [1.82, 2.24) is 15.2 Å². The molecule has 3 rings (SSSR count). The number of unbranched alkanes of at least 4 members (excludes halogenated alkanes) is 1. The van der Waals surface area contributed by atoms with Crippen LogP contribution in [0.25, 0.3) is 10.6 Å². The summed E-state index contributed by atoms with van der Waals surface area (Å²) in [6.07, 6.45) is 4.39. The predicted molar refractivity (Wildman–Crippen MR) is 133 cm³/mol. The summed E-state index contributed by atoms with van der Waals surface area (Å²) >= 11 is 1.58. The lowest BCUT2D eigenvalue weighted by molar-refractivity contribution is -0.134. The van der Waals surface area contributed by atoms with Crippen molar-refractivity contribution in [1.29, 1.82) is 0 Å². The van der Waals surface area contributed by atoms with Crippen molar-refractivity contribution in [3.8, 4) is 16.3 Å². The second kappa shape index (κ2) is 10.3. The number of para-hydroxylation sites is 1. The number of carbonyl (C=O) groups excluding carboxylic acids is 1. The number of amides is 1. The Morgan fingerprint density at radius 2 is 1.88 bits per heavy atom. The van der Waals surface area contributed by atoms with Crippen LogP contribution in [0.5, 0.6) is 5.75 Å². The van der Waals surface area contributed by atoms with E-state index in [-0.39, 0.29) is 23.0 Å². The van der Waals surface area contributed by atoms with Crippen molar-refractivity contribution in [2.24, 2.45) is 0 Å². The molecule has 2 heterocycles. The van der Waals surface area contributed by atoms with Crippen LogP contribution in [0.4, 0.5) is 0 Å². The molecule has 1 aromatic carbocycles. The number of thiazole rings is 1. The molecular weight excluding hydrogens is 418 g/mol. The van der Waals surface area contributed by atoms with Gasteiger partial charge in [-0.25, -0.2) is 4.98 Å². The molecule has 1 amide bonds. The van der Waals surface area contributed by atoms with Crippen LogP contribution < -0.4 is 10.1 Å². The normalized spacial score (nSPS) is 17.8. The number of carbonyl (C=O) groups is 1. The third-order valence-electron chi connectivity index (χ3n) is 5.98. The topological polar surface area (TPSA) is 54.5 Å². The smallest absolute Gasteiger partial charge is 0.228 e. The van der Waals surface area contributed by atoms with E-state index in [4.69, 9.17) is 9.72 Å². The van der Waals surface area contributed by atoms with E-state index in [1.54, 1.807) is 11.3 Å². The van der Waals surface area contributed by atoms with Gasteiger partial charge in [0.25, 0.3) is 0 Å². The highest BCUT2D eigenvalue weighted by molar-refractivity contribution is 7.13. The van der Waals surface area contributed by atoms with Gasteiger partial charge in [-0.2, -0.15) is 0 Å². The van der Waals surface area contributed by atoms with Gasteiger partial charge in [-0.15, -0.1) is 11.3 Å². The maximum atomic E-state index is 13.5. The molecule has 5 nitrogen and oxygen atoms in total. The molecule has 0 unspecified atom stereocenters. The monoisotopic (exact) mass is 457 g/mol. The molecule has 0 aliphatic carbocycles. The number of rotatable bonds is 9. The first-order valence-electron chi connectivity index (χ1n) is 11.9. The summed E-state index contributed by atoms with van der Waals surface area (Å²) in [5.74, 6) is 1.03. The van der Waals surface area contributed by atoms with Crippen molar-refractivity contribution >= 4 is 17.2 Å². The molecule has 0 bridgehead atoms. The Labute approximate surface area is 197 Å². The summed E-state index contributed by atoms with van der Waals surface area (Å²) in [6.45, 7) is 14.6. The van der Waals surface area contributed by atoms with Crippen LogP contribution in [0.2, 0.25) is 0 Å². The van der Waals surface area contributed by atoms with Crippen molar-refractivity contribution in [2.75, 3.05) is 13.2 Å². The fourth-order valence-electron chi connectivity index (χ4n) is 5.02. The van der Waals surface area contributed by atoms with Crippen LogP contribution in [0.15, 0.2) is 29.6 Å². The Hall–Kier alpha value is -1.92. The Morgan fingerprint density at radius 1 is 1.19 bits per heavy atom. The number of benzene rings is 1. The molecule has 1 aromatic heterocycles. The summed E-state index contributed by atoms with van der Waals surface area (Å²) in [5.41, 5.74) is 1.85. The van der Waals surface area contributed by atoms with Gasteiger partial charge >= 0.3 is 0 Å². The van der Waals surface area contributed by atoms with Gasteiger partial charge in [0, 0.05) is 29.0 Å². The third kappa shape index (κ3) is 6.32. The highest BCUT2D eigenvalue weighted by Crippen LogP contribution is 2.34. The van der Waals surface area contributed by atoms with E-state index in [2.05, 4.69) is 44.8 Å². The zero-order valence-electron chi connectivity index (χ0n) is 20.5. The fraction of sp³-hybridized carbons (Fsp3) is 0.615. The molecule has 2 aromatic rings. The minimum atomic E-state index is 0.00789. The van der Waals surface area contributed by atoms with Gasteiger partial charge in [0.1, 0.15) is 10.8 Å². The maximum Gasteiger partial charge on any atom is 0.228 e. The lowest BCUT2D eigenvalue weighted by Crippen LogP contribution is -2.63. The molecule has 1 fully saturated rings. The van der Waals surface area contributed by atoms with Crippen molar-refractivity contribution in [3.63, 3.8) is 0 Å². The lowest BCUT2D eigenvalue weighted by atomic mass is 9.79. The van der Waals surface area contributed by atoms with E-state index in [1.165, 1.54) is 0 Å². The predicted octanol–water partition coefficient (Wildman–Crippen LogP) is 5.69. The SMILES string of the molecule is CCCCN(C(=O)Cc1csc(-c2ccccc2OCC)n1)C1CC(C)(C)NC(C)(C)C1. The van der Waals surface area contributed by atoms with E-state index in [1.807, 2.05) is 36.6 Å². The maximum absolute atomic E-state index is 13.5. The van der Waals surface area contributed by atoms with E-state index >= 15 is 0 Å². The molecule has 176 valence electrons. The Morgan fingerprint density at radius 3 is 2.53 bits per heavy atom. The van der Waals surface area contributed by atoms with Gasteiger partial charge in [-0.05, 0) is 66.0 Å². The van der Waals surface area contributed by atoms with Crippen molar-refractivity contribution in [3.05, 3.63) is 35.3 Å². The van der Waals surface area contributed by atoms with Gasteiger partial charge in [0.15, 0.2) is 0 Å². The molecule has 0 saturated carbocycles. The zero-order chi connectivity index (χ0) is 23.4. The molecular formula is C26H39N3O2S. The van der Waals surface area contributed by atoms with Crippen LogP contribution in [-0.2, 0) is 11.2 Å². The summed E-state index contributed by atoms with van der Waals surface area (Å²) in [6, 6.07) is 8.22. The average molecular weight is 458 g/mol. The molecule has 0 radical (unpaired) electrons. The Balaban J connectivity index is 1.78. The van der Waals surface area contributed by atoms with Gasteiger partial charge in [0.2, 0.25) is 5.91 Å². The summed E-state index contributed by atoms with van der Waals surface area (Å²) in [4.78, 5) is 20.4. The number of hydrogen-bond donors (Lipinski definition) is 1. The number of ether oxygens (including phenoxy) is 1. The summed E-state index contributed by atoms with van der Waals surface area (Å²) in [5, 5.41) is 6.66. The number of hydrogen-bond acceptors (Lipinski definition) is 5. The number of piperidine rings is 1. The number of nitrogens with one attached hydrogen (secondary N) is 1. The first-order valence-corrected chi connectivity index (χ1v) is 12.8. The van der Waals surface area contributed by atoms with Crippen LogP contribution >= 0.6 is 11.3 Å². The number of nitrogens with zero attached hydrogens (tertiary/aromatic N) is 2. The van der Waals surface area contributed by atoms with Gasteiger partial charge in [-0.1, -0.05) is 25.5 Å². The van der Waals surface area contributed by atoms with Gasteiger partial charge in [0.05, 0.1) is 24.3 Å². The van der Waals surface area contributed by atoms with E-state index in [9.17, 15) is 4.79 Å². The molecule has 1 N–H and O–H groups in total. The highest BCUT2D eigenvalue weighted by atomic mass is 32.1. The highest BCUT2D eigenvalue weighted by Gasteiger charge is 2.41. The van der Waals surface area contributed by atoms with Crippen LogP contribution in [0, 0.1) is 0 Å². The quantitative estimate of drug-likeness (QED) is 0.526. The Bertz CT molecular complexity index is 890. The van der Waals surface area contributed by atoms with Crippen molar-refractivity contribution in [2.45, 2.75) is 90.8 Å². The second-order valence-electron chi connectivity index (χ2n) is 10.1. The van der Waals surface area contributed by atoms with E-state index in [0.29, 0.717) is 13.0 Å². The fourth-order valence-corrected chi connectivity index (χ4v) is 5.87. The first kappa shape index (κ1) is 24.7. The molecule has 1 saturated heterocycles. The lowest BCUT2D eigenvalue weighted by Gasteiger charge is -2.49. The average Bonchev–Trinajstić information content (AvgIpc) is 3.15. The minimum Gasteiger partial charge on any atom is -0.493 e. The number of aromatic nitrogens is 1. The second-order valence-corrected chi connectivity index (χ2v) is 11.0. The standard InChI is InChI=1S/C26H39N3O2S/c1-7-9-14-29(20-16-25(3,4)28-26(5,6)17-20)23(30)15-19-18-32-24(27-19)21-12-10-11-13-22(21)31-8-2/h10-13,18,20,28H,7-9,14-17H2,1-6H3. The summed E-state index contributed by atoms with van der Waals surface area (Å²) < 4.78 is 5.77. The molecule has 1 aliphatic heterocycles. The largest absolute Gasteiger partial charge is 0.493 e. The van der Waals surface area contributed by atoms with Crippen molar-refractivity contribution < 1.29 is 9.53 Å². The third-order valence-corrected chi connectivity index (χ3v) is 6.91. The van der Waals surface area contributed by atoms with E-state index in [0.717, 1.165) is 54.2 Å². The Kier molecular flexibility index (Phi) is 7.99. The zero-order valence-corrected chi connectivity index (χ0v) is 21.3. The first-order chi connectivity index (χ1) is 15.1. The van der Waals surface area contributed by atoms with Crippen LogP contribution in [0.1, 0.15) is 72.9 Å². The molecule has 32 heavy (non-hydrogen) atoms. The molecule has 0 spiro atoms. The van der Waals surface area contributed by atoms with E-state index < -0.39 is 0 Å². The molecule has 0 atom stereocenters. The molecule has 1 aliphatic rings. The summed E-state index contributed by atoms with van der Waals surface area (Å²) in [7, 11) is 0. The van der Waals surface area contributed by atoms with Gasteiger partial charge in [-0.3, -0.25) is 4.79 Å². The van der Waals surface area contributed by atoms with Crippen LogP contribution in [-0.4, -0.2) is 46.1 Å². The minimum absolute atomic E-state index is 0.00789. The van der Waals surface area contributed by atoms with Gasteiger partial charge < -0.3 is 15.0 Å². The molecule has 6 heteroatoms.